The van der Waals surface area contributed by atoms with Gasteiger partial charge in [0, 0.05) is 13.0 Å². The number of likely N-dealkylation sites (tertiary alicyclic amines) is 1. The van der Waals surface area contributed by atoms with Crippen molar-refractivity contribution in [3.63, 3.8) is 0 Å². The zero-order chi connectivity index (χ0) is 19.3. The summed E-state index contributed by atoms with van der Waals surface area (Å²) >= 11 is 0. The number of carbonyl (C=O) groups excluding carboxylic acids is 1. The number of benzene rings is 1. The fraction of sp³-hybridized carbons (Fsp3) is 0.619. The highest BCUT2D eigenvalue weighted by Crippen LogP contribution is 2.29. The Hall–Kier alpha value is -1.88. The average molecular weight is 361 g/mol. The van der Waals surface area contributed by atoms with Crippen LogP contribution in [0.2, 0.25) is 0 Å². The summed E-state index contributed by atoms with van der Waals surface area (Å²) in [6.07, 6.45) is 1.74. The smallest absolute Gasteiger partial charge is 0.306 e. The quantitative estimate of drug-likeness (QED) is 0.749. The van der Waals surface area contributed by atoms with Crippen molar-refractivity contribution in [1.82, 2.24) is 4.90 Å². The van der Waals surface area contributed by atoms with E-state index < -0.39 is 5.97 Å². The van der Waals surface area contributed by atoms with Crippen molar-refractivity contribution in [1.29, 1.82) is 0 Å². The van der Waals surface area contributed by atoms with Crippen LogP contribution in [0.4, 0.5) is 0 Å². The lowest BCUT2D eigenvalue weighted by Gasteiger charge is -2.29. The van der Waals surface area contributed by atoms with Gasteiger partial charge in [0.05, 0.1) is 18.1 Å². The molecule has 0 radical (unpaired) electrons. The first-order chi connectivity index (χ1) is 12.2. The van der Waals surface area contributed by atoms with Crippen LogP contribution in [0.15, 0.2) is 18.2 Å². The largest absolute Gasteiger partial charge is 0.493 e. The highest BCUT2D eigenvalue weighted by Gasteiger charge is 2.25. The van der Waals surface area contributed by atoms with E-state index in [2.05, 4.69) is 25.7 Å². The highest BCUT2D eigenvalue weighted by atomic mass is 16.5. The molecule has 2 rings (SSSR count). The van der Waals surface area contributed by atoms with Gasteiger partial charge in [0.25, 0.3) is 0 Å². The zero-order valence-corrected chi connectivity index (χ0v) is 16.4. The molecule has 1 aliphatic rings. The van der Waals surface area contributed by atoms with Crippen molar-refractivity contribution in [3.05, 3.63) is 29.3 Å². The molecule has 1 fully saturated rings. The third kappa shape index (κ3) is 5.31. The number of carboxylic acid groups (broad SMARTS) is 1. The summed E-state index contributed by atoms with van der Waals surface area (Å²) in [5.41, 5.74) is 1.74. The standard InChI is InChI=1S/C21H31NO4/c1-5-26-19-7-6-16(21(2,3)4)14-17(19)18(23)10-13-22-11-8-15(9-12-22)20(24)25/h6-7,14-15H,5,8-13H2,1-4H3,(H,24,25). The van der Waals surface area contributed by atoms with E-state index >= 15 is 0 Å². The average Bonchev–Trinajstić information content (AvgIpc) is 2.59. The van der Waals surface area contributed by atoms with Crippen LogP contribution in [0, 0.1) is 5.92 Å². The third-order valence-corrected chi connectivity index (χ3v) is 5.04. The predicted molar refractivity (Wildman–Crippen MR) is 102 cm³/mol. The third-order valence-electron chi connectivity index (χ3n) is 5.04. The minimum atomic E-state index is -0.707. The number of hydrogen-bond acceptors (Lipinski definition) is 4. The van der Waals surface area contributed by atoms with E-state index in [9.17, 15) is 9.59 Å². The Morgan fingerprint density at radius 2 is 1.88 bits per heavy atom. The number of aliphatic carboxylic acids is 1. The van der Waals surface area contributed by atoms with Crippen molar-refractivity contribution < 1.29 is 19.4 Å². The number of rotatable bonds is 7. The number of ketones is 1. The molecule has 1 aromatic carbocycles. The van der Waals surface area contributed by atoms with Crippen LogP contribution < -0.4 is 4.74 Å². The summed E-state index contributed by atoms with van der Waals surface area (Å²) in [7, 11) is 0. The van der Waals surface area contributed by atoms with E-state index in [0.717, 1.165) is 18.7 Å². The lowest BCUT2D eigenvalue weighted by Crippen LogP contribution is -2.37. The Bertz CT molecular complexity index is 640. The summed E-state index contributed by atoms with van der Waals surface area (Å²) in [5.74, 6) is -0.217. The van der Waals surface area contributed by atoms with Gasteiger partial charge in [-0.15, -0.1) is 0 Å². The normalized spacial score (nSPS) is 16.5. The molecular formula is C21H31NO4. The summed E-state index contributed by atoms with van der Waals surface area (Å²) in [5, 5.41) is 9.08. The van der Waals surface area contributed by atoms with Crippen molar-refractivity contribution in [2.45, 2.75) is 52.4 Å². The van der Waals surface area contributed by atoms with Crippen molar-refractivity contribution in [3.8, 4) is 5.75 Å². The second-order valence-electron chi connectivity index (χ2n) is 8.02. The van der Waals surface area contributed by atoms with Gasteiger partial charge < -0.3 is 14.7 Å². The van der Waals surface area contributed by atoms with E-state index in [1.807, 2.05) is 25.1 Å². The zero-order valence-electron chi connectivity index (χ0n) is 16.4. The molecule has 144 valence electrons. The van der Waals surface area contributed by atoms with E-state index in [1.165, 1.54) is 0 Å². The number of nitrogens with zero attached hydrogens (tertiary/aromatic N) is 1. The lowest BCUT2D eigenvalue weighted by atomic mass is 9.85. The first-order valence-corrected chi connectivity index (χ1v) is 9.48. The van der Waals surface area contributed by atoms with Crippen LogP contribution in [0.5, 0.6) is 5.75 Å². The van der Waals surface area contributed by atoms with Crippen LogP contribution in [-0.2, 0) is 10.2 Å². The molecule has 1 aliphatic heterocycles. The summed E-state index contributed by atoms with van der Waals surface area (Å²) < 4.78 is 5.66. The van der Waals surface area contributed by atoms with Gasteiger partial charge in [-0.1, -0.05) is 26.8 Å². The van der Waals surface area contributed by atoms with Gasteiger partial charge in [-0.05, 0) is 56.0 Å². The van der Waals surface area contributed by atoms with E-state index in [-0.39, 0.29) is 17.1 Å². The van der Waals surface area contributed by atoms with Gasteiger partial charge >= 0.3 is 5.97 Å². The number of carboxylic acids is 1. The molecule has 1 heterocycles. The van der Waals surface area contributed by atoms with Gasteiger partial charge in [0.2, 0.25) is 0 Å². The monoisotopic (exact) mass is 361 g/mol. The minimum absolute atomic E-state index is 0.0293. The molecule has 5 heteroatoms. The number of carbonyl (C=O) groups is 2. The van der Waals surface area contributed by atoms with E-state index in [1.54, 1.807) is 0 Å². The van der Waals surface area contributed by atoms with E-state index in [0.29, 0.717) is 43.7 Å². The molecule has 1 saturated heterocycles. The molecule has 0 bridgehead atoms. The van der Waals surface area contributed by atoms with Crippen molar-refractivity contribution in [2.75, 3.05) is 26.2 Å². The molecule has 5 nitrogen and oxygen atoms in total. The number of Topliss-reactive ketones (excluding diaryl/α,β-unsaturated/α-hetero) is 1. The van der Waals surface area contributed by atoms with E-state index in [4.69, 9.17) is 9.84 Å². The fourth-order valence-corrected chi connectivity index (χ4v) is 3.29. The van der Waals surface area contributed by atoms with Crippen LogP contribution >= 0.6 is 0 Å². The Kier molecular flexibility index (Phi) is 6.81. The maximum absolute atomic E-state index is 12.8. The Balaban J connectivity index is 2.03. The minimum Gasteiger partial charge on any atom is -0.493 e. The summed E-state index contributed by atoms with van der Waals surface area (Å²) in [4.78, 5) is 26.1. The lowest BCUT2D eigenvalue weighted by molar-refractivity contribution is -0.143. The second-order valence-corrected chi connectivity index (χ2v) is 8.02. The van der Waals surface area contributed by atoms with Crippen LogP contribution in [-0.4, -0.2) is 48.0 Å². The first-order valence-electron chi connectivity index (χ1n) is 9.48. The molecular weight excluding hydrogens is 330 g/mol. The second kappa shape index (κ2) is 8.67. The van der Waals surface area contributed by atoms with Crippen LogP contribution in [0.3, 0.4) is 0 Å². The molecule has 0 spiro atoms. The molecule has 0 saturated carbocycles. The SMILES string of the molecule is CCOc1ccc(C(C)(C)C)cc1C(=O)CCN1CCC(C(=O)O)CC1. The Morgan fingerprint density at radius 3 is 2.42 bits per heavy atom. The molecule has 1 N–H and O–H groups in total. The topological polar surface area (TPSA) is 66.8 Å². The van der Waals surface area contributed by atoms with Crippen LogP contribution in [0.1, 0.15) is 62.9 Å². The van der Waals surface area contributed by atoms with Crippen LogP contribution in [0.25, 0.3) is 0 Å². The summed E-state index contributed by atoms with van der Waals surface area (Å²) in [6.45, 7) is 11.0. The van der Waals surface area contributed by atoms with Gasteiger partial charge in [-0.3, -0.25) is 9.59 Å². The molecule has 26 heavy (non-hydrogen) atoms. The Labute approximate surface area is 156 Å². The Morgan fingerprint density at radius 1 is 1.23 bits per heavy atom. The maximum Gasteiger partial charge on any atom is 0.306 e. The molecule has 0 aliphatic carbocycles. The van der Waals surface area contributed by atoms with Gasteiger partial charge in [-0.2, -0.15) is 0 Å². The molecule has 0 amide bonds. The van der Waals surface area contributed by atoms with Gasteiger partial charge in [0.1, 0.15) is 5.75 Å². The maximum atomic E-state index is 12.8. The van der Waals surface area contributed by atoms with Crippen molar-refractivity contribution in [2.24, 2.45) is 5.92 Å². The summed E-state index contributed by atoms with van der Waals surface area (Å²) in [6, 6.07) is 5.89. The molecule has 0 unspecified atom stereocenters. The first kappa shape index (κ1) is 20.4. The van der Waals surface area contributed by atoms with Crippen molar-refractivity contribution >= 4 is 11.8 Å². The highest BCUT2D eigenvalue weighted by molar-refractivity contribution is 5.99. The van der Waals surface area contributed by atoms with Gasteiger partial charge in [-0.25, -0.2) is 0 Å². The predicted octanol–water partition coefficient (Wildman–Crippen LogP) is 3.75. The number of hydrogen-bond donors (Lipinski definition) is 1. The fourth-order valence-electron chi connectivity index (χ4n) is 3.29. The number of piperidine rings is 1. The van der Waals surface area contributed by atoms with Gasteiger partial charge in [0.15, 0.2) is 5.78 Å². The molecule has 1 aromatic rings. The molecule has 0 aromatic heterocycles. The number of ether oxygens (including phenoxy) is 1. The molecule has 0 atom stereocenters.